The highest BCUT2D eigenvalue weighted by molar-refractivity contribution is 8.13. The zero-order valence-electron chi connectivity index (χ0n) is 12.0. The lowest BCUT2D eigenvalue weighted by atomic mass is 10.1. The fourth-order valence-electron chi connectivity index (χ4n) is 2.51. The Morgan fingerprint density at radius 3 is 2.76 bits per heavy atom. The van der Waals surface area contributed by atoms with Crippen molar-refractivity contribution < 1.29 is 19.5 Å². The second kappa shape index (κ2) is 6.30. The van der Waals surface area contributed by atoms with Gasteiger partial charge in [-0.1, -0.05) is 17.8 Å². The average molecular weight is 307 g/mol. The summed E-state index contributed by atoms with van der Waals surface area (Å²) in [4.78, 5) is 36.0. The van der Waals surface area contributed by atoms with E-state index in [-0.39, 0.29) is 22.5 Å². The largest absolute Gasteiger partial charge is 0.478 e. The number of carbonyl (C=O) groups excluding carboxylic acids is 2. The summed E-state index contributed by atoms with van der Waals surface area (Å²) in [7, 11) is 0. The number of nitrogens with zero attached hydrogens (tertiary/aromatic N) is 1. The molecule has 1 fully saturated rings. The summed E-state index contributed by atoms with van der Waals surface area (Å²) in [6.07, 6.45) is 0.400. The molecule has 0 aromatic heterocycles. The molecule has 1 aromatic carbocycles. The van der Waals surface area contributed by atoms with Crippen LogP contribution in [0.2, 0.25) is 0 Å². The Balaban J connectivity index is 2.19. The molecule has 1 amide bonds. The first kappa shape index (κ1) is 15.6. The van der Waals surface area contributed by atoms with Crippen LogP contribution in [-0.4, -0.2) is 34.4 Å². The molecule has 6 heteroatoms. The minimum Gasteiger partial charge on any atom is -0.478 e. The molecule has 1 aliphatic heterocycles. The Hall–Kier alpha value is -1.82. The van der Waals surface area contributed by atoms with E-state index in [9.17, 15) is 14.4 Å². The molecule has 1 aromatic rings. The van der Waals surface area contributed by atoms with E-state index in [0.717, 1.165) is 0 Å². The number of hydrogen-bond donors (Lipinski definition) is 1. The van der Waals surface area contributed by atoms with E-state index in [1.807, 2.05) is 0 Å². The summed E-state index contributed by atoms with van der Waals surface area (Å²) < 4.78 is 0. The van der Waals surface area contributed by atoms with Gasteiger partial charge >= 0.3 is 5.97 Å². The van der Waals surface area contributed by atoms with Gasteiger partial charge in [0.2, 0.25) is 5.91 Å². The van der Waals surface area contributed by atoms with E-state index in [1.165, 1.54) is 24.8 Å². The van der Waals surface area contributed by atoms with Gasteiger partial charge in [0.25, 0.3) is 0 Å². The number of carboxylic acids is 1. The van der Waals surface area contributed by atoms with Gasteiger partial charge in [-0.25, -0.2) is 4.79 Å². The number of amides is 1. The van der Waals surface area contributed by atoms with E-state index in [2.05, 4.69) is 0 Å². The third kappa shape index (κ3) is 3.44. The highest BCUT2D eigenvalue weighted by Gasteiger charge is 2.32. The highest BCUT2D eigenvalue weighted by Crippen LogP contribution is 2.31. The first-order valence-corrected chi connectivity index (χ1v) is 7.65. The highest BCUT2D eigenvalue weighted by atomic mass is 32.2. The molecule has 1 atom stereocenters. The second-order valence-electron chi connectivity index (χ2n) is 5.13. The van der Waals surface area contributed by atoms with Crippen molar-refractivity contribution in [2.45, 2.75) is 20.3 Å². The van der Waals surface area contributed by atoms with Gasteiger partial charge in [0.1, 0.15) is 0 Å². The van der Waals surface area contributed by atoms with Crippen LogP contribution < -0.4 is 4.90 Å². The quantitative estimate of drug-likeness (QED) is 0.924. The average Bonchev–Trinajstić information content (AvgIpc) is 2.77. The Labute approximate surface area is 127 Å². The molecule has 1 aliphatic rings. The summed E-state index contributed by atoms with van der Waals surface area (Å²) >= 11 is 1.23. The minimum atomic E-state index is -0.996. The molecule has 0 bridgehead atoms. The first-order chi connectivity index (χ1) is 9.90. The van der Waals surface area contributed by atoms with Crippen LogP contribution in [0, 0.1) is 12.8 Å². The molecule has 0 aliphatic carbocycles. The van der Waals surface area contributed by atoms with Gasteiger partial charge in [0, 0.05) is 31.3 Å². The molecule has 1 N–H and O–H groups in total. The van der Waals surface area contributed by atoms with Crippen molar-refractivity contribution in [2.24, 2.45) is 5.92 Å². The summed E-state index contributed by atoms with van der Waals surface area (Å²) in [6, 6.07) is 4.95. The number of carbonyl (C=O) groups is 3. The van der Waals surface area contributed by atoms with Gasteiger partial charge in [0.15, 0.2) is 5.12 Å². The number of carboxylic acid groups (broad SMARTS) is 1. The number of rotatable bonds is 4. The van der Waals surface area contributed by atoms with Gasteiger partial charge in [-0.15, -0.1) is 0 Å². The predicted octanol–water partition coefficient (Wildman–Crippen LogP) is 2.33. The summed E-state index contributed by atoms with van der Waals surface area (Å²) in [5, 5.41) is 9.20. The Morgan fingerprint density at radius 2 is 2.14 bits per heavy atom. The van der Waals surface area contributed by atoms with Crippen molar-refractivity contribution in [2.75, 3.05) is 17.2 Å². The van der Waals surface area contributed by atoms with Crippen molar-refractivity contribution in [3.63, 3.8) is 0 Å². The van der Waals surface area contributed by atoms with Crippen molar-refractivity contribution >= 4 is 34.4 Å². The molecule has 1 unspecified atom stereocenters. The smallest absolute Gasteiger partial charge is 0.336 e. The summed E-state index contributed by atoms with van der Waals surface area (Å²) in [5.74, 6) is -0.270. The van der Waals surface area contributed by atoms with E-state index >= 15 is 0 Å². The lowest BCUT2D eigenvalue weighted by Crippen LogP contribution is -2.26. The Bertz CT molecular complexity index is 599. The molecule has 0 saturated carbocycles. The first-order valence-electron chi connectivity index (χ1n) is 6.66. The second-order valence-corrected chi connectivity index (χ2v) is 6.33. The molecule has 5 nitrogen and oxygen atoms in total. The maximum atomic E-state index is 12.1. The van der Waals surface area contributed by atoms with Crippen LogP contribution in [0.25, 0.3) is 0 Å². The fourth-order valence-corrected chi connectivity index (χ4v) is 3.20. The van der Waals surface area contributed by atoms with Crippen molar-refractivity contribution in [3.8, 4) is 0 Å². The van der Waals surface area contributed by atoms with Crippen LogP contribution in [-0.2, 0) is 9.59 Å². The SMILES string of the molecule is CC(=O)SCC1CC(=O)N(c2cccc(C(=O)O)c2C)C1. The fraction of sp³-hybridized carbons (Fsp3) is 0.400. The van der Waals surface area contributed by atoms with Gasteiger partial charge in [-0.3, -0.25) is 9.59 Å². The Kier molecular flexibility index (Phi) is 4.67. The normalized spacial score (nSPS) is 18.1. The lowest BCUT2D eigenvalue weighted by molar-refractivity contribution is -0.117. The van der Waals surface area contributed by atoms with E-state index in [0.29, 0.717) is 30.0 Å². The number of benzene rings is 1. The van der Waals surface area contributed by atoms with Crippen LogP contribution in [0.5, 0.6) is 0 Å². The molecule has 0 radical (unpaired) electrons. The predicted molar refractivity (Wildman–Crippen MR) is 81.7 cm³/mol. The van der Waals surface area contributed by atoms with Crippen LogP contribution in [0.3, 0.4) is 0 Å². The zero-order chi connectivity index (χ0) is 15.6. The van der Waals surface area contributed by atoms with Crippen LogP contribution >= 0.6 is 11.8 Å². The van der Waals surface area contributed by atoms with E-state index in [1.54, 1.807) is 24.0 Å². The summed E-state index contributed by atoms with van der Waals surface area (Å²) in [5.41, 5.74) is 1.45. The van der Waals surface area contributed by atoms with Crippen LogP contribution in [0.15, 0.2) is 18.2 Å². The van der Waals surface area contributed by atoms with Gasteiger partial charge in [0.05, 0.1) is 5.56 Å². The van der Waals surface area contributed by atoms with E-state index < -0.39 is 5.97 Å². The monoisotopic (exact) mass is 307 g/mol. The van der Waals surface area contributed by atoms with Crippen molar-refractivity contribution in [1.82, 2.24) is 0 Å². The van der Waals surface area contributed by atoms with Crippen molar-refractivity contribution in [1.29, 1.82) is 0 Å². The molecule has 21 heavy (non-hydrogen) atoms. The van der Waals surface area contributed by atoms with Gasteiger partial charge in [-0.2, -0.15) is 0 Å². The van der Waals surface area contributed by atoms with Crippen molar-refractivity contribution in [3.05, 3.63) is 29.3 Å². The zero-order valence-corrected chi connectivity index (χ0v) is 12.8. The molecule has 0 spiro atoms. The molecule has 2 rings (SSSR count). The maximum Gasteiger partial charge on any atom is 0.336 e. The lowest BCUT2D eigenvalue weighted by Gasteiger charge is -2.20. The van der Waals surface area contributed by atoms with Gasteiger partial charge < -0.3 is 10.0 Å². The maximum absolute atomic E-state index is 12.1. The standard InChI is InChI=1S/C15H17NO4S/c1-9-12(15(19)20)4-3-5-13(9)16-7-11(6-14(16)18)8-21-10(2)17/h3-5,11H,6-8H2,1-2H3,(H,19,20). The number of thioether (sulfide) groups is 1. The molecular formula is C15H17NO4S. The third-order valence-corrected chi connectivity index (χ3v) is 4.60. The topological polar surface area (TPSA) is 74.7 Å². The molecule has 112 valence electrons. The number of aromatic carboxylic acids is 1. The Morgan fingerprint density at radius 1 is 1.43 bits per heavy atom. The van der Waals surface area contributed by atoms with E-state index in [4.69, 9.17) is 5.11 Å². The third-order valence-electron chi connectivity index (χ3n) is 3.55. The number of anilines is 1. The van der Waals surface area contributed by atoms with Gasteiger partial charge in [-0.05, 0) is 30.5 Å². The van der Waals surface area contributed by atoms with Crippen LogP contribution in [0.1, 0.15) is 29.3 Å². The molecular weight excluding hydrogens is 290 g/mol. The molecule has 1 heterocycles. The minimum absolute atomic E-state index is 0.0187. The molecule has 1 saturated heterocycles. The van der Waals surface area contributed by atoms with Crippen LogP contribution in [0.4, 0.5) is 5.69 Å². The summed E-state index contributed by atoms with van der Waals surface area (Å²) in [6.45, 7) is 3.76. The number of hydrogen-bond acceptors (Lipinski definition) is 4.